The number of carbonyl (C=O) groups is 1. The van der Waals surface area contributed by atoms with Crippen LogP contribution in [0.2, 0.25) is 0 Å². The van der Waals surface area contributed by atoms with Gasteiger partial charge < -0.3 is 5.32 Å². The summed E-state index contributed by atoms with van der Waals surface area (Å²) in [7, 11) is 3.71. The zero-order chi connectivity index (χ0) is 10.3. The predicted octanol–water partition coefficient (Wildman–Crippen LogP) is 1.24. The molecule has 0 saturated carbocycles. The van der Waals surface area contributed by atoms with Crippen LogP contribution in [-0.2, 0) is 4.79 Å². The topological polar surface area (TPSA) is 32.3 Å². The molecule has 3 heteroatoms. The summed E-state index contributed by atoms with van der Waals surface area (Å²) in [5, 5.41) is 2.68. The number of hydrogen-bond acceptors (Lipinski definition) is 2. The van der Waals surface area contributed by atoms with E-state index < -0.39 is 0 Å². The second-order valence-electron chi connectivity index (χ2n) is 3.11. The van der Waals surface area contributed by atoms with Crippen molar-refractivity contribution in [3.63, 3.8) is 0 Å². The van der Waals surface area contributed by atoms with Crippen LogP contribution in [0.5, 0.6) is 0 Å². The fourth-order valence-corrected chi connectivity index (χ4v) is 1.57. The number of nitrogens with zero attached hydrogens (tertiary/aromatic N) is 1. The molecule has 0 aliphatic carbocycles. The summed E-state index contributed by atoms with van der Waals surface area (Å²) < 4.78 is 0. The Labute approximate surface area is 81.5 Å². The van der Waals surface area contributed by atoms with Crippen LogP contribution in [0.4, 0.5) is 0 Å². The molecule has 78 valence electrons. The van der Waals surface area contributed by atoms with Crippen LogP contribution in [0.3, 0.4) is 0 Å². The monoisotopic (exact) mass is 186 g/mol. The Bertz CT molecular complexity index is 148. The summed E-state index contributed by atoms with van der Waals surface area (Å²) in [6, 6.07) is 0.119. The van der Waals surface area contributed by atoms with Crippen molar-refractivity contribution in [3.8, 4) is 0 Å². The van der Waals surface area contributed by atoms with Gasteiger partial charge >= 0.3 is 0 Å². The first-order valence-electron chi connectivity index (χ1n) is 5.17. The predicted molar refractivity (Wildman–Crippen MR) is 55.7 cm³/mol. The van der Waals surface area contributed by atoms with Gasteiger partial charge in [-0.3, -0.25) is 9.69 Å². The molecule has 1 aliphatic rings. The molecule has 13 heavy (non-hydrogen) atoms. The third-order valence-corrected chi connectivity index (χ3v) is 2.32. The van der Waals surface area contributed by atoms with Crippen molar-refractivity contribution in [2.24, 2.45) is 0 Å². The van der Waals surface area contributed by atoms with Gasteiger partial charge in [0.05, 0.1) is 6.04 Å². The van der Waals surface area contributed by atoms with Crippen molar-refractivity contribution in [1.29, 1.82) is 0 Å². The van der Waals surface area contributed by atoms with Crippen LogP contribution < -0.4 is 5.32 Å². The van der Waals surface area contributed by atoms with E-state index in [-0.39, 0.29) is 11.9 Å². The summed E-state index contributed by atoms with van der Waals surface area (Å²) >= 11 is 0. The minimum Gasteiger partial charge on any atom is -0.358 e. The number of carbonyl (C=O) groups excluding carboxylic acids is 1. The van der Waals surface area contributed by atoms with Gasteiger partial charge in [-0.15, -0.1) is 0 Å². The standard InChI is InChI=1S/C8H16N2O.C2H6/c1-9-8(11)7-5-3-4-6-10(7)2;1-2/h7H,3-6H2,1-2H3,(H,9,11);1-2H3. The molecule has 0 radical (unpaired) electrons. The normalized spacial score (nSPS) is 22.9. The fourth-order valence-electron chi connectivity index (χ4n) is 1.57. The summed E-state index contributed by atoms with van der Waals surface area (Å²) in [6.45, 7) is 5.05. The highest BCUT2D eigenvalue weighted by atomic mass is 16.2. The molecule has 0 aromatic carbocycles. The lowest BCUT2D eigenvalue weighted by Gasteiger charge is -2.30. The lowest BCUT2D eigenvalue weighted by molar-refractivity contribution is -0.126. The van der Waals surface area contributed by atoms with Crippen molar-refractivity contribution in [2.75, 3.05) is 20.6 Å². The van der Waals surface area contributed by atoms with Crippen LogP contribution in [0.25, 0.3) is 0 Å². The van der Waals surface area contributed by atoms with Gasteiger partial charge in [0.15, 0.2) is 0 Å². The molecule has 1 saturated heterocycles. The van der Waals surface area contributed by atoms with Crippen LogP contribution in [-0.4, -0.2) is 37.5 Å². The molecular formula is C10H22N2O. The van der Waals surface area contributed by atoms with Crippen molar-refractivity contribution in [3.05, 3.63) is 0 Å². The maximum absolute atomic E-state index is 11.2. The highest BCUT2D eigenvalue weighted by Crippen LogP contribution is 2.14. The van der Waals surface area contributed by atoms with E-state index in [0.717, 1.165) is 13.0 Å². The molecule has 1 fully saturated rings. The SMILES string of the molecule is CC.CNC(=O)C1CCCCN1C. The Kier molecular flexibility index (Phi) is 6.59. The van der Waals surface area contributed by atoms with E-state index in [1.165, 1.54) is 12.8 Å². The molecular weight excluding hydrogens is 164 g/mol. The third-order valence-electron chi connectivity index (χ3n) is 2.32. The van der Waals surface area contributed by atoms with Crippen LogP contribution >= 0.6 is 0 Å². The summed E-state index contributed by atoms with van der Waals surface area (Å²) in [4.78, 5) is 13.4. The van der Waals surface area contributed by atoms with E-state index in [2.05, 4.69) is 10.2 Å². The molecule has 1 amide bonds. The van der Waals surface area contributed by atoms with E-state index in [1.807, 2.05) is 20.9 Å². The number of amides is 1. The molecule has 0 aromatic rings. The molecule has 1 aliphatic heterocycles. The average Bonchev–Trinajstić information content (AvgIpc) is 2.20. The quantitative estimate of drug-likeness (QED) is 0.668. The maximum Gasteiger partial charge on any atom is 0.237 e. The van der Waals surface area contributed by atoms with Gasteiger partial charge in [-0.2, -0.15) is 0 Å². The first-order chi connectivity index (χ1) is 6.25. The number of rotatable bonds is 1. The lowest BCUT2D eigenvalue weighted by atomic mass is 10.0. The van der Waals surface area contributed by atoms with Crippen LogP contribution in [0.15, 0.2) is 0 Å². The third kappa shape index (κ3) is 3.77. The average molecular weight is 186 g/mol. The van der Waals surface area contributed by atoms with E-state index in [9.17, 15) is 4.79 Å². The van der Waals surface area contributed by atoms with Gasteiger partial charge in [-0.05, 0) is 26.4 Å². The molecule has 1 N–H and O–H groups in total. The molecule has 1 unspecified atom stereocenters. The minimum atomic E-state index is 0.119. The zero-order valence-corrected chi connectivity index (χ0v) is 9.26. The van der Waals surface area contributed by atoms with Crippen LogP contribution in [0.1, 0.15) is 33.1 Å². The summed E-state index contributed by atoms with van der Waals surface area (Å²) in [5.41, 5.74) is 0. The Morgan fingerprint density at radius 1 is 1.38 bits per heavy atom. The Hall–Kier alpha value is -0.570. The zero-order valence-electron chi connectivity index (χ0n) is 9.26. The second-order valence-corrected chi connectivity index (χ2v) is 3.11. The largest absolute Gasteiger partial charge is 0.358 e. The Morgan fingerprint density at radius 3 is 2.46 bits per heavy atom. The van der Waals surface area contributed by atoms with E-state index in [1.54, 1.807) is 7.05 Å². The number of nitrogens with one attached hydrogen (secondary N) is 1. The van der Waals surface area contributed by atoms with Crippen molar-refractivity contribution >= 4 is 5.91 Å². The number of piperidine rings is 1. The first-order valence-corrected chi connectivity index (χ1v) is 5.17. The molecule has 1 atom stereocenters. The minimum absolute atomic E-state index is 0.119. The van der Waals surface area contributed by atoms with E-state index >= 15 is 0 Å². The number of likely N-dealkylation sites (tertiary alicyclic amines) is 1. The van der Waals surface area contributed by atoms with Gasteiger partial charge in [0.1, 0.15) is 0 Å². The smallest absolute Gasteiger partial charge is 0.237 e. The summed E-state index contributed by atoms with van der Waals surface area (Å²) in [6.07, 6.45) is 3.42. The molecule has 0 bridgehead atoms. The Balaban J connectivity index is 0.000000671. The highest BCUT2D eigenvalue weighted by molar-refractivity contribution is 5.81. The second kappa shape index (κ2) is 6.89. The number of hydrogen-bond donors (Lipinski definition) is 1. The van der Waals surface area contributed by atoms with Gasteiger partial charge in [0, 0.05) is 7.05 Å². The van der Waals surface area contributed by atoms with Gasteiger partial charge in [-0.1, -0.05) is 20.3 Å². The van der Waals surface area contributed by atoms with Crippen molar-refractivity contribution < 1.29 is 4.79 Å². The van der Waals surface area contributed by atoms with Crippen LogP contribution in [0, 0.1) is 0 Å². The van der Waals surface area contributed by atoms with Gasteiger partial charge in [0.25, 0.3) is 0 Å². The van der Waals surface area contributed by atoms with Crippen molar-refractivity contribution in [2.45, 2.75) is 39.2 Å². The maximum atomic E-state index is 11.2. The van der Waals surface area contributed by atoms with E-state index in [4.69, 9.17) is 0 Å². The molecule has 0 aromatic heterocycles. The fraction of sp³-hybridized carbons (Fsp3) is 0.900. The van der Waals surface area contributed by atoms with Crippen molar-refractivity contribution in [1.82, 2.24) is 10.2 Å². The van der Waals surface area contributed by atoms with Gasteiger partial charge in [0.2, 0.25) is 5.91 Å². The van der Waals surface area contributed by atoms with Gasteiger partial charge in [-0.25, -0.2) is 0 Å². The molecule has 0 spiro atoms. The molecule has 1 rings (SSSR count). The number of likely N-dealkylation sites (N-methyl/N-ethyl adjacent to an activating group) is 2. The first kappa shape index (κ1) is 12.4. The highest BCUT2D eigenvalue weighted by Gasteiger charge is 2.24. The molecule has 3 nitrogen and oxygen atoms in total. The van der Waals surface area contributed by atoms with E-state index in [0.29, 0.717) is 0 Å². The lowest BCUT2D eigenvalue weighted by Crippen LogP contribution is -2.46. The molecule has 1 heterocycles. The summed E-state index contributed by atoms with van der Waals surface area (Å²) in [5.74, 6) is 0.159. The Morgan fingerprint density at radius 2 is 2.00 bits per heavy atom.